The fraction of sp³-hybridized carbons (Fsp3) is 0.0294. The molecule has 6 aromatic rings. The first kappa shape index (κ1) is 23.3. The van der Waals surface area contributed by atoms with Gasteiger partial charge in [0.05, 0.1) is 11.2 Å². The van der Waals surface area contributed by atoms with Gasteiger partial charge in [0.1, 0.15) is 0 Å². The van der Waals surface area contributed by atoms with E-state index in [0.29, 0.717) is 17.5 Å². The zero-order chi connectivity index (χ0) is 25.9. The van der Waals surface area contributed by atoms with Gasteiger partial charge in [-0.2, -0.15) is 0 Å². The Morgan fingerprint density at radius 2 is 1.16 bits per heavy atom. The van der Waals surface area contributed by atoms with E-state index < -0.39 is 0 Å². The minimum absolute atomic E-state index is 0.634. The number of allylic oxidation sites excluding steroid dienone is 1. The summed E-state index contributed by atoms with van der Waals surface area (Å²) >= 11 is 0. The van der Waals surface area contributed by atoms with E-state index in [-0.39, 0.29) is 0 Å². The molecule has 0 atom stereocenters. The summed E-state index contributed by atoms with van der Waals surface area (Å²) in [6.45, 7) is 6.19. The van der Waals surface area contributed by atoms with Gasteiger partial charge in [0.2, 0.25) is 0 Å². The molecule has 0 saturated heterocycles. The molecule has 0 fully saturated rings. The third-order valence-corrected chi connectivity index (χ3v) is 6.55. The van der Waals surface area contributed by atoms with Crippen LogP contribution in [0.1, 0.15) is 18.2 Å². The number of benzene rings is 4. The maximum Gasteiger partial charge on any atom is 0.164 e. The molecule has 0 N–H and O–H groups in total. The minimum atomic E-state index is 0.634. The minimum Gasteiger partial charge on any atom is -0.309 e. The Hall–Kier alpha value is -5.09. The topological polar surface area (TPSA) is 43.6 Å². The van der Waals surface area contributed by atoms with Crippen molar-refractivity contribution >= 4 is 23.1 Å². The Kier molecular flexibility index (Phi) is 6.20. The second kappa shape index (κ2) is 10.1. The Morgan fingerprint density at radius 3 is 1.68 bits per heavy atom. The number of hydrogen-bond acceptors (Lipinski definition) is 3. The van der Waals surface area contributed by atoms with Crippen LogP contribution in [-0.4, -0.2) is 19.5 Å². The third-order valence-electron chi connectivity index (χ3n) is 6.55. The molecule has 0 amide bonds. The molecule has 2 heterocycles. The predicted octanol–water partition coefficient (Wildman–Crippen LogP) is 8.49. The van der Waals surface area contributed by atoms with Gasteiger partial charge in [-0.1, -0.05) is 97.6 Å². The molecule has 182 valence electrons. The maximum atomic E-state index is 4.92. The lowest BCUT2D eigenvalue weighted by atomic mass is 10.1. The maximum absolute atomic E-state index is 4.92. The van der Waals surface area contributed by atoms with Crippen LogP contribution < -0.4 is 0 Å². The van der Waals surface area contributed by atoms with Gasteiger partial charge in [0.15, 0.2) is 17.5 Å². The summed E-state index contributed by atoms with van der Waals surface area (Å²) in [5, 5.41) is 1.09. The molecule has 0 aliphatic rings. The van der Waals surface area contributed by atoms with Crippen LogP contribution in [0.5, 0.6) is 0 Å². The fourth-order valence-electron chi connectivity index (χ4n) is 4.80. The van der Waals surface area contributed by atoms with Crippen molar-refractivity contribution in [3.63, 3.8) is 0 Å². The van der Waals surface area contributed by atoms with Gasteiger partial charge in [-0.05, 0) is 43.3 Å². The molecule has 0 aliphatic heterocycles. The molecule has 4 heteroatoms. The molecule has 0 saturated carbocycles. The van der Waals surface area contributed by atoms with Crippen molar-refractivity contribution in [2.45, 2.75) is 6.92 Å². The zero-order valence-corrected chi connectivity index (χ0v) is 21.1. The summed E-state index contributed by atoms with van der Waals surface area (Å²) in [6, 6.07) is 36.9. The van der Waals surface area contributed by atoms with E-state index in [1.165, 1.54) is 0 Å². The second-order valence-electron chi connectivity index (χ2n) is 8.94. The predicted molar refractivity (Wildman–Crippen MR) is 158 cm³/mol. The number of nitrogens with zero attached hydrogens (tertiary/aromatic N) is 4. The van der Waals surface area contributed by atoms with E-state index in [1.807, 2.05) is 79.7 Å². The van der Waals surface area contributed by atoms with Crippen molar-refractivity contribution in [2.75, 3.05) is 0 Å². The molecule has 38 heavy (non-hydrogen) atoms. The number of rotatable bonds is 6. The average Bonchev–Trinajstić information content (AvgIpc) is 3.30. The highest BCUT2D eigenvalue weighted by atomic mass is 15.0. The van der Waals surface area contributed by atoms with Gasteiger partial charge in [-0.25, -0.2) is 15.0 Å². The summed E-state index contributed by atoms with van der Waals surface area (Å²) < 4.78 is 2.27. The van der Waals surface area contributed by atoms with Crippen molar-refractivity contribution < 1.29 is 0 Å². The normalized spacial score (nSPS) is 11.3. The van der Waals surface area contributed by atoms with E-state index in [0.717, 1.165) is 44.5 Å². The number of hydrogen-bond donors (Lipinski definition) is 0. The highest BCUT2D eigenvalue weighted by Crippen LogP contribution is 2.34. The van der Waals surface area contributed by atoms with E-state index in [1.54, 1.807) is 0 Å². The molecular weight excluding hydrogens is 464 g/mol. The van der Waals surface area contributed by atoms with Crippen molar-refractivity contribution in [1.82, 2.24) is 19.5 Å². The van der Waals surface area contributed by atoms with Crippen LogP contribution in [0, 0.1) is 0 Å². The molecule has 2 aromatic heterocycles. The number of fused-ring (bicyclic) bond motifs is 1. The lowest BCUT2D eigenvalue weighted by Crippen LogP contribution is -2.00. The van der Waals surface area contributed by atoms with Crippen molar-refractivity contribution in [3.05, 3.63) is 133 Å². The molecule has 0 unspecified atom stereocenters. The lowest BCUT2D eigenvalue weighted by molar-refractivity contribution is 1.07. The van der Waals surface area contributed by atoms with Crippen LogP contribution in [0.4, 0.5) is 0 Å². The molecule has 0 bridgehead atoms. The molecule has 0 radical (unpaired) electrons. The second-order valence-corrected chi connectivity index (χ2v) is 8.94. The van der Waals surface area contributed by atoms with Crippen molar-refractivity contribution in [2.24, 2.45) is 0 Å². The van der Waals surface area contributed by atoms with E-state index >= 15 is 0 Å². The van der Waals surface area contributed by atoms with Crippen LogP contribution in [0.3, 0.4) is 0 Å². The molecule has 6 rings (SSSR count). The van der Waals surface area contributed by atoms with Gasteiger partial charge in [0.25, 0.3) is 0 Å². The molecule has 0 spiro atoms. The average molecular weight is 491 g/mol. The fourth-order valence-corrected chi connectivity index (χ4v) is 4.80. The van der Waals surface area contributed by atoms with Gasteiger partial charge in [-0.3, -0.25) is 0 Å². The number of para-hydroxylation sites is 1. The Balaban J connectivity index is 1.59. The monoisotopic (exact) mass is 490 g/mol. The van der Waals surface area contributed by atoms with E-state index in [4.69, 9.17) is 15.0 Å². The summed E-state index contributed by atoms with van der Waals surface area (Å²) in [6.07, 6.45) is 6.12. The van der Waals surface area contributed by atoms with E-state index in [9.17, 15) is 0 Å². The molecule has 0 aliphatic carbocycles. The Bertz CT molecular complexity index is 1710. The van der Waals surface area contributed by atoms with Gasteiger partial charge in [-0.15, -0.1) is 0 Å². The first-order valence-corrected chi connectivity index (χ1v) is 12.6. The van der Waals surface area contributed by atoms with Crippen LogP contribution in [0.25, 0.3) is 62.9 Å². The van der Waals surface area contributed by atoms with Gasteiger partial charge < -0.3 is 4.57 Å². The lowest BCUT2D eigenvalue weighted by Gasteiger charge is -2.10. The SMILES string of the molecule is C=Cc1c(/C=C\C)n(-c2ccccc2)c2ccc(-c3nc(-c4ccccc4)nc(-c4ccccc4)n3)cc12. The van der Waals surface area contributed by atoms with E-state index in [2.05, 4.69) is 65.8 Å². The highest BCUT2D eigenvalue weighted by Gasteiger charge is 2.18. The Morgan fingerprint density at radius 1 is 0.632 bits per heavy atom. The highest BCUT2D eigenvalue weighted by molar-refractivity contribution is 5.97. The zero-order valence-electron chi connectivity index (χ0n) is 21.1. The van der Waals surface area contributed by atoms with Crippen molar-refractivity contribution in [3.8, 4) is 39.9 Å². The quantitative estimate of drug-likeness (QED) is 0.235. The summed E-state index contributed by atoms with van der Waals surface area (Å²) in [5.74, 6) is 1.93. The van der Waals surface area contributed by atoms with Crippen LogP contribution >= 0.6 is 0 Å². The first-order chi connectivity index (χ1) is 18.8. The first-order valence-electron chi connectivity index (χ1n) is 12.6. The van der Waals surface area contributed by atoms with Crippen LogP contribution in [0.2, 0.25) is 0 Å². The van der Waals surface area contributed by atoms with Gasteiger partial charge in [0, 0.05) is 33.3 Å². The van der Waals surface area contributed by atoms with Crippen molar-refractivity contribution in [1.29, 1.82) is 0 Å². The summed E-state index contributed by atoms with van der Waals surface area (Å²) in [4.78, 5) is 14.7. The third kappa shape index (κ3) is 4.22. The summed E-state index contributed by atoms with van der Waals surface area (Å²) in [5.41, 5.74) is 7.19. The summed E-state index contributed by atoms with van der Waals surface area (Å²) in [7, 11) is 0. The van der Waals surface area contributed by atoms with Crippen LogP contribution in [-0.2, 0) is 0 Å². The largest absolute Gasteiger partial charge is 0.309 e. The molecular formula is C34H26N4. The number of aromatic nitrogens is 4. The standard InChI is InChI=1S/C34H26N4/c1-3-14-30-28(4-2)29-23-26(21-22-31(29)38(30)27-19-12-7-13-20-27)34-36-32(24-15-8-5-9-16-24)35-33(37-34)25-17-10-6-11-18-25/h3-23H,2H2,1H3/b14-3-. The van der Waals surface area contributed by atoms with Gasteiger partial charge >= 0.3 is 0 Å². The molecule has 4 aromatic carbocycles. The Labute approximate surface area is 222 Å². The smallest absolute Gasteiger partial charge is 0.164 e. The van der Waals surface area contributed by atoms with Crippen LogP contribution in [0.15, 0.2) is 122 Å². The molecule has 4 nitrogen and oxygen atoms in total.